The van der Waals surface area contributed by atoms with Gasteiger partial charge in [-0.1, -0.05) is 57.2 Å². The Labute approximate surface area is 175 Å². The predicted octanol–water partition coefficient (Wildman–Crippen LogP) is 4.66. The lowest BCUT2D eigenvalue weighted by molar-refractivity contribution is -0.127. The SMILES string of the molecule is C[C@@H](Oc1ccc(C(C)(C)C)cc1)C(=O)NCc1ccc(CN2CCCC2)cc1. The Morgan fingerprint density at radius 3 is 2.17 bits per heavy atom. The van der Waals surface area contributed by atoms with Crippen molar-refractivity contribution in [3.8, 4) is 5.75 Å². The van der Waals surface area contributed by atoms with E-state index in [0.717, 1.165) is 12.1 Å². The van der Waals surface area contributed by atoms with Gasteiger partial charge in [0, 0.05) is 13.1 Å². The average molecular weight is 395 g/mol. The van der Waals surface area contributed by atoms with E-state index in [1.165, 1.54) is 37.1 Å². The van der Waals surface area contributed by atoms with Crippen LogP contribution in [0, 0.1) is 0 Å². The number of nitrogens with zero attached hydrogens (tertiary/aromatic N) is 1. The molecule has 1 N–H and O–H groups in total. The van der Waals surface area contributed by atoms with Gasteiger partial charge in [-0.15, -0.1) is 0 Å². The predicted molar refractivity (Wildman–Crippen MR) is 118 cm³/mol. The van der Waals surface area contributed by atoms with Crippen LogP contribution in [-0.4, -0.2) is 30.0 Å². The molecule has 1 atom stereocenters. The number of benzene rings is 2. The smallest absolute Gasteiger partial charge is 0.261 e. The summed E-state index contributed by atoms with van der Waals surface area (Å²) in [6.07, 6.45) is 2.08. The fourth-order valence-corrected chi connectivity index (χ4v) is 3.59. The first-order valence-corrected chi connectivity index (χ1v) is 10.7. The normalized spacial score (nSPS) is 15.9. The summed E-state index contributed by atoms with van der Waals surface area (Å²) in [6, 6.07) is 16.5. The van der Waals surface area contributed by atoms with E-state index < -0.39 is 6.10 Å². The molecule has 0 bridgehead atoms. The van der Waals surface area contributed by atoms with Crippen LogP contribution < -0.4 is 10.1 Å². The molecular formula is C25H34N2O2. The minimum absolute atomic E-state index is 0.103. The Kier molecular flexibility index (Phi) is 6.96. The lowest BCUT2D eigenvalue weighted by Gasteiger charge is -2.20. The van der Waals surface area contributed by atoms with Gasteiger partial charge in [0.2, 0.25) is 0 Å². The molecule has 1 aliphatic heterocycles. The van der Waals surface area contributed by atoms with Crippen molar-refractivity contribution in [1.82, 2.24) is 10.2 Å². The first-order valence-electron chi connectivity index (χ1n) is 10.7. The van der Waals surface area contributed by atoms with Gasteiger partial charge in [-0.2, -0.15) is 0 Å². The fourth-order valence-electron chi connectivity index (χ4n) is 3.59. The molecule has 156 valence electrons. The van der Waals surface area contributed by atoms with Gasteiger partial charge in [0.15, 0.2) is 6.10 Å². The standard InChI is InChI=1S/C25H34N2O2/c1-19(29-23-13-11-22(12-14-23)25(2,3)4)24(28)26-17-20-7-9-21(10-8-20)18-27-15-5-6-16-27/h7-14,19H,5-6,15-18H2,1-4H3,(H,26,28)/t19-/m1/s1. The van der Waals surface area contributed by atoms with Crippen LogP contribution in [0.4, 0.5) is 0 Å². The number of ether oxygens (including phenoxy) is 1. The second-order valence-corrected chi connectivity index (χ2v) is 9.05. The molecule has 4 nitrogen and oxygen atoms in total. The number of carbonyl (C=O) groups is 1. The second kappa shape index (κ2) is 9.45. The number of rotatable bonds is 7. The molecule has 2 aromatic carbocycles. The van der Waals surface area contributed by atoms with Gasteiger partial charge in [0.05, 0.1) is 0 Å². The lowest BCUT2D eigenvalue weighted by Crippen LogP contribution is -2.35. The summed E-state index contributed by atoms with van der Waals surface area (Å²) in [4.78, 5) is 14.9. The number of likely N-dealkylation sites (tertiary alicyclic amines) is 1. The molecule has 1 fully saturated rings. The largest absolute Gasteiger partial charge is 0.481 e. The molecule has 2 aromatic rings. The van der Waals surface area contributed by atoms with E-state index in [-0.39, 0.29) is 11.3 Å². The maximum absolute atomic E-state index is 12.4. The molecule has 3 rings (SSSR count). The zero-order valence-corrected chi connectivity index (χ0v) is 18.2. The quantitative estimate of drug-likeness (QED) is 0.742. The van der Waals surface area contributed by atoms with Crippen molar-refractivity contribution in [3.05, 3.63) is 65.2 Å². The van der Waals surface area contributed by atoms with E-state index in [1.54, 1.807) is 6.92 Å². The van der Waals surface area contributed by atoms with Crippen molar-refractivity contribution in [2.75, 3.05) is 13.1 Å². The third kappa shape index (κ3) is 6.33. The zero-order chi connectivity index (χ0) is 20.9. The van der Waals surface area contributed by atoms with Gasteiger partial charge < -0.3 is 10.1 Å². The van der Waals surface area contributed by atoms with Crippen molar-refractivity contribution < 1.29 is 9.53 Å². The van der Waals surface area contributed by atoms with E-state index in [4.69, 9.17) is 4.74 Å². The summed E-state index contributed by atoms with van der Waals surface area (Å²) in [5, 5.41) is 2.97. The van der Waals surface area contributed by atoms with Gasteiger partial charge in [-0.3, -0.25) is 9.69 Å². The molecule has 0 aliphatic carbocycles. The first-order chi connectivity index (χ1) is 13.8. The monoisotopic (exact) mass is 394 g/mol. The fraction of sp³-hybridized carbons (Fsp3) is 0.480. The minimum atomic E-state index is -0.537. The summed E-state index contributed by atoms with van der Waals surface area (Å²) >= 11 is 0. The maximum atomic E-state index is 12.4. The number of amides is 1. The van der Waals surface area contributed by atoms with Crippen LogP contribution in [0.5, 0.6) is 5.75 Å². The highest BCUT2D eigenvalue weighted by Crippen LogP contribution is 2.24. The van der Waals surface area contributed by atoms with Gasteiger partial charge in [-0.25, -0.2) is 0 Å². The van der Waals surface area contributed by atoms with E-state index in [9.17, 15) is 4.79 Å². The summed E-state index contributed by atoms with van der Waals surface area (Å²) in [7, 11) is 0. The Bertz CT molecular complexity index is 785. The van der Waals surface area contributed by atoms with E-state index in [2.05, 4.69) is 67.4 Å². The van der Waals surface area contributed by atoms with Crippen LogP contribution in [0.25, 0.3) is 0 Å². The molecule has 0 saturated carbocycles. The van der Waals surface area contributed by atoms with Crippen molar-refractivity contribution in [3.63, 3.8) is 0 Å². The van der Waals surface area contributed by atoms with Crippen LogP contribution in [0.1, 0.15) is 57.2 Å². The van der Waals surface area contributed by atoms with Gasteiger partial charge >= 0.3 is 0 Å². The molecule has 0 spiro atoms. The Morgan fingerprint density at radius 2 is 1.59 bits per heavy atom. The molecule has 1 amide bonds. The number of nitrogens with one attached hydrogen (secondary N) is 1. The highest BCUT2D eigenvalue weighted by molar-refractivity contribution is 5.80. The zero-order valence-electron chi connectivity index (χ0n) is 18.2. The number of hydrogen-bond donors (Lipinski definition) is 1. The minimum Gasteiger partial charge on any atom is -0.481 e. The molecule has 29 heavy (non-hydrogen) atoms. The van der Waals surface area contributed by atoms with E-state index in [1.807, 2.05) is 12.1 Å². The topological polar surface area (TPSA) is 41.6 Å². The lowest BCUT2D eigenvalue weighted by atomic mass is 9.87. The molecule has 1 aliphatic rings. The van der Waals surface area contributed by atoms with Crippen molar-refractivity contribution in [2.24, 2.45) is 0 Å². The van der Waals surface area contributed by atoms with Crippen molar-refractivity contribution in [1.29, 1.82) is 0 Å². The molecule has 0 unspecified atom stereocenters. The number of carbonyl (C=O) groups excluding carboxylic acids is 1. The van der Waals surface area contributed by atoms with Crippen molar-refractivity contribution >= 4 is 5.91 Å². The van der Waals surface area contributed by atoms with Crippen LogP contribution in [0.3, 0.4) is 0 Å². The van der Waals surface area contributed by atoms with Crippen LogP contribution in [-0.2, 0) is 23.3 Å². The van der Waals surface area contributed by atoms with E-state index in [0.29, 0.717) is 12.3 Å². The summed E-state index contributed by atoms with van der Waals surface area (Å²) < 4.78 is 5.81. The van der Waals surface area contributed by atoms with Gasteiger partial charge in [0.25, 0.3) is 5.91 Å². The summed E-state index contributed by atoms with van der Waals surface area (Å²) in [5.74, 6) is 0.609. The van der Waals surface area contributed by atoms with E-state index >= 15 is 0 Å². The van der Waals surface area contributed by atoms with Gasteiger partial charge in [0.1, 0.15) is 5.75 Å². The van der Waals surface area contributed by atoms with Crippen LogP contribution in [0.15, 0.2) is 48.5 Å². The molecule has 1 heterocycles. The number of hydrogen-bond acceptors (Lipinski definition) is 3. The maximum Gasteiger partial charge on any atom is 0.261 e. The summed E-state index contributed by atoms with van der Waals surface area (Å²) in [5.41, 5.74) is 3.78. The third-order valence-electron chi connectivity index (χ3n) is 5.50. The summed E-state index contributed by atoms with van der Waals surface area (Å²) in [6.45, 7) is 12.3. The molecule has 0 aromatic heterocycles. The molecule has 0 radical (unpaired) electrons. The molecule has 1 saturated heterocycles. The van der Waals surface area contributed by atoms with Crippen LogP contribution >= 0.6 is 0 Å². The average Bonchev–Trinajstić information content (AvgIpc) is 3.20. The third-order valence-corrected chi connectivity index (χ3v) is 5.50. The Balaban J connectivity index is 1.45. The second-order valence-electron chi connectivity index (χ2n) is 9.05. The van der Waals surface area contributed by atoms with Gasteiger partial charge in [-0.05, 0) is 67.1 Å². The highest BCUT2D eigenvalue weighted by atomic mass is 16.5. The molecular weight excluding hydrogens is 360 g/mol. The van der Waals surface area contributed by atoms with Crippen molar-refractivity contribution in [2.45, 2.75) is 65.1 Å². The molecule has 4 heteroatoms. The van der Waals surface area contributed by atoms with Crippen LogP contribution in [0.2, 0.25) is 0 Å². The highest BCUT2D eigenvalue weighted by Gasteiger charge is 2.17. The Hall–Kier alpha value is -2.33. The Morgan fingerprint density at radius 1 is 1.00 bits per heavy atom. The first kappa shape index (κ1) is 21.4.